The van der Waals surface area contributed by atoms with Gasteiger partial charge in [0, 0.05) is 38.6 Å². The van der Waals surface area contributed by atoms with Crippen molar-refractivity contribution in [2.24, 2.45) is 0 Å². The first-order valence-electron chi connectivity index (χ1n) is 16.6. The van der Waals surface area contributed by atoms with Crippen LogP contribution in [0.5, 0.6) is 0 Å². The summed E-state index contributed by atoms with van der Waals surface area (Å²) < 4.78 is 11.1. The molecule has 47 heavy (non-hydrogen) atoms. The summed E-state index contributed by atoms with van der Waals surface area (Å²) >= 11 is 0. The number of fused-ring (bicyclic) bond motifs is 4. The molecule has 9 nitrogen and oxygen atoms in total. The molecule has 1 unspecified atom stereocenters. The van der Waals surface area contributed by atoms with Crippen LogP contribution in [0, 0.1) is 0 Å². The molecule has 9 heteroatoms. The maximum atomic E-state index is 12.7. The van der Waals surface area contributed by atoms with Crippen molar-refractivity contribution in [2.45, 2.75) is 76.7 Å². The average Bonchev–Trinajstić information content (AvgIpc) is 3.39. The number of piperidine rings is 1. The van der Waals surface area contributed by atoms with Gasteiger partial charge in [0.2, 0.25) is 6.41 Å². The molecule has 6 rings (SSSR count). The van der Waals surface area contributed by atoms with E-state index in [1.165, 1.54) is 33.4 Å². The molecular weight excluding hydrogens is 594 g/mol. The van der Waals surface area contributed by atoms with Crippen LogP contribution in [-0.4, -0.2) is 83.9 Å². The molecule has 2 aliphatic heterocycles. The molecule has 3 aromatic carbocycles. The van der Waals surface area contributed by atoms with E-state index in [2.05, 4.69) is 76.9 Å². The van der Waals surface area contributed by atoms with Crippen LogP contribution < -0.4 is 5.32 Å². The number of rotatable bonds is 8. The number of aliphatic hydroxyl groups is 1. The first-order valence-corrected chi connectivity index (χ1v) is 16.6. The third kappa shape index (κ3) is 8.99. The Kier molecular flexibility index (Phi) is 11.3. The molecule has 250 valence electrons. The third-order valence-electron chi connectivity index (χ3n) is 8.98. The molecule has 1 atom stereocenters. The number of nitrogens with zero attached hydrogens (tertiary/aromatic N) is 2. The highest BCUT2D eigenvalue weighted by atomic mass is 16.6. The van der Waals surface area contributed by atoms with Gasteiger partial charge >= 0.3 is 12.1 Å². The van der Waals surface area contributed by atoms with Gasteiger partial charge in [0.25, 0.3) is 0 Å². The second kappa shape index (κ2) is 15.6. The Labute approximate surface area is 277 Å². The number of carbonyl (C=O) groups is 3. The number of carbonyl (C=O) groups excluding carboxylic acids is 3. The number of amides is 2. The summed E-state index contributed by atoms with van der Waals surface area (Å²) in [5.74, 6) is -0.292. The van der Waals surface area contributed by atoms with E-state index in [-0.39, 0.29) is 18.1 Å². The second-order valence-corrected chi connectivity index (χ2v) is 13.5. The molecule has 0 saturated carbocycles. The Morgan fingerprint density at radius 1 is 0.915 bits per heavy atom. The third-order valence-corrected chi connectivity index (χ3v) is 8.98. The summed E-state index contributed by atoms with van der Waals surface area (Å²) in [5.41, 5.74) is 6.99. The van der Waals surface area contributed by atoms with E-state index in [1.54, 1.807) is 20.8 Å². The summed E-state index contributed by atoms with van der Waals surface area (Å²) in [6, 6.07) is 24.5. The Hall–Kier alpha value is -4.21. The molecular formula is C38H47N3O6. The number of hydrogen-bond acceptors (Lipinski definition) is 7. The van der Waals surface area contributed by atoms with Gasteiger partial charge in [-0.2, -0.15) is 0 Å². The van der Waals surface area contributed by atoms with Crippen LogP contribution in [0.15, 0.2) is 72.8 Å². The van der Waals surface area contributed by atoms with Gasteiger partial charge in [0.15, 0.2) is 0 Å². The highest BCUT2D eigenvalue weighted by molar-refractivity contribution is 5.79. The van der Waals surface area contributed by atoms with Crippen LogP contribution in [0.25, 0.3) is 11.1 Å². The van der Waals surface area contributed by atoms with Crippen LogP contribution in [0.1, 0.15) is 68.2 Å². The van der Waals surface area contributed by atoms with E-state index < -0.39 is 17.6 Å². The standard InChI is InChI=1S/C24H21NO2.C14H26N2O4/c26-24(25-14-13-17-7-1-2-8-18(17)15-25)27-16-23-21-11-5-3-9-19(21)20-10-4-6-12-22(20)23;1-14(2,3)20-13(19)12(15-10-17)6-9-16-7-4-11(18)5-8-16/h1-12,23H,13-16H2;10-12,18H,4-9H2,1-3H3,(H,15,17). The van der Waals surface area contributed by atoms with Crippen molar-refractivity contribution in [2.75, 3.05) is 32.8 Å². The second-order valence-electron chi connectivity index (χ2n) is 13.5. The monoisotopic (exact) mass is 641 g/mol. The number of esters is 1. The van der Waals surface area contributed by atoms with Crippen LogP contribution in [-0.2, 0) is 32.0 Å². The van der Waals surface area contributed by atoms with Gasteiger partial charge in [0.1, 0.15) is 18.2 Å². The van der Waals surface area contributed by atoms with E-state index in [0.29, 0.717) is 39.1 Å². The zero-order chi connectivity index (χ0) is 33.4. The lowest BCUT2D eigenvalue weighted by molar-refractivity contribution is -0.158. The molecule has 1 aliphatic carbocycles. The highest BCUT2D eigenvalue weighted by Gasteiger charge is 2.30. The fourth-order valence-electron chi connectivity index (χ4n) is 6.52. The molecule has 0 spiro atoms. The molecule has 0 bridgehead atoms. The quantitative estimate of drug-likeness (QED) is 0.255. The first-order chi connectivity index (χ1) is 22.6. The topological polar surface area (TPSA) is 108 Å². The Balaban J connectivity index is 0.000000195. The van der Waals surface area contributed by atoms with Gasteiger partial charge < -0.3 is 29.7 Å². The van der Waals surface area contributed by atoms with Gasteiger partial charge in [-0.3, -0.25) is 4.79 Å². The molecule has 2 amide bonds. The Bertz CT molecular complexity index is 1480. The minimum absolute atomic E-state index is 0.110. The van der Waals surface area contributed by atoms with Crippen LogP contribution >= 0.6 is 0 Å². The van der Waals surface area contributed by atoms with E-state index >= 15 is 0 Å². The number of hydrogen-bond donors (Lipinski definition) is 2. The molecule has 2 heterocycles. The molecule has 2 N–H and O–H groups in total. The van der Waals surface area contributed by atoms with Crippen molar-refractivity contribution in [3.05, 3.63) is 95.1 Å². The Morgan fingerprint density at radius 3 is 2.13 bits per heavy atom. The fourth-order valence-corrected chi connectivity index (χ4v) is 6.52. The molecule has 1 fully saturated rings. The number of benzene rings is 3. The zero-order valence-corrected chi connectivity index (χ0v) is 27.7. The average molecular weight is 642 g/mol. The highest BCUT2D eigenvalue weighted by Crippen LogP contribution is 2.44. The lowest BCUT2D eigenvalue weighted by Gasteiger charge is -2.30. The predicted molar refractivity (Wildman–Crippen MR) is 181 cm³/mol. The minimum Gasteiger partial charge on any atom is -0.458 e. The Morgan fingerprint density at radius 2 is 1.51 bits per heavy atom. The van der Waals surface area contributed by atoms with Crippen molar-refractivity contribution in [1.82, 2.24) is 15.1 Å². The predicted octanol–water partition coefficient (Wildman–Crippen LogP) is 5.28. The van der Waals surface area contributed by atoms with Crippen LogP contribution in [0.3, 0.4) is 0 Å². The fraction of sp³-hybridized carbons (Fsp3) is 0.447. The lowest BCUT2D eigenvalue weighted by atomic mass is 9.98. The normalized spacial score (nSPS) is 16.9. The van der Waals surface area contributed by atoms with Crippen molar-refractivity contribution >= 4 is 18.5 Å². The van der Waals surface area contributed by atoms with E-state index in [4.69, 9.17) is 9.47 Å². The van der Waals surface area contributed by atoms with Gasteiger partial charge in [-0.15, -0.1) is 0 Å². The van der Waals surface area contributed by atoms with Crippen molar-refractivity contribution < 1.29 is 29.0 Å². The minimum atomic E-state index is -0.612. The smallest absolute Gasteiger partial charge is 0.410 e. The number of likely N-dealkylation sites (tertiary alicyclic amines) is 1. The number of ether oxygens (including phenoxy) is 2. The van der Waals surface area contributed by atoms with Crippen LogP contribution in [0.4, 0.5) is 4.79 Å². The summed E-state index contributed by atoms with van der Waals surface area (Å²) in [6.07, 6.45) is 3.04. The van der Waals surface area contributed by atoms with Gasteiger partial charge in [0.05, 0.1) is 6.10 Å². The van der Waals surface area contributed by atoms with Crippen LogP contribution in [0.2, 0.25) is 0 Å². The van der Waals surface area contributed by atoms with Gasteiger partial charge in [-0.25, -0.2) is 9.59 Å². The molecule has 3 aliphatic rings. The largest absolute Gasteiger partial charge is 0.458 e. The summed E-state index contributed by atoms with van der Waals surface area (Å²) in [6.45, 7) is 9.48. The molecule has 1 saturated heterocycles. The SMILES string of the molecule is CC(C)(C)OC(=O)C(CCN1CCC(O)CC1)NC=O.O=C(OCC1c2ccccc2-c2ccccc21)N1CCc2ccccc2C1. The summed E-state index contributed by atoms with van der Waals surface area (Å²) in [5, 5.41) is 12.0. The van der Waals surface area contributed by atoms with E-state index in [9.17, 15) is 19.5 Å². The number of aliphatic hydroxyl groups excluding tert-OH is 1. The maximum Gasteiger partial charge on any atom is 0.410 e. The van der Waals surface area contributed by atoms with Gasteiger partial charge in [-0.05, 0) is 79.8 Å². The maximum absolute atomic E-state index is 12.7. The molecule has 3 aromatic rings. The lowest BCUT2D eigenvalue weighted by Crippen LogP contribution is -2.44. The van der Waals surface area contributed by atoms with Crippen molar-refractivity contribution in [1.29, 1.82) is 0 Å². The van der Waals surface area contributed by atoms with E-state index in [1.807, 2.05) is 11.0 Å². The summed E-state index contributed by atoms with van der Waals surface area (Å²) in [7, 11) is 0. The van der Waals surface area contributed by atoms with Crippen molar-refractivity contribution in [3.63, 3.8) is 0 Å². The molecule has 0 aromatic heterocycles. The first kappa shape index (κ1) is 34.1. The van der Waals surface area contributed by atoms with Crippen molar-refractivity contribution in [3.8, 4) is 11.1 Å². The zero-order valence-electron chi connectivity index (χ0n) is 27.7. The van der Waals surface area contributed by atoms with E-state index in [0.717, 1.165) is 32.4 Å². The molecule has 0 radical (unpaired) electrons. The van der Waals surface area contributed by atoms with Gasteiger partial charge in [-0.1, -0.05) is 72.8 Å². The summed E-state index contributed by atoms with van der Waals surface area (Å²) in [4.78, 5) is 39.3. The number of nitrogens with one attached hydrogen (secondary N) is 1.